The van der Waals surface area contributed by atoms with Crippen LogP contribution in [-0.4, -0.2) is 25.8 Å². The highest BCUT2D eigenvalue weighted by atomic mass is 16.2. The van der Waals surface area contributed by atoms with Crippen LogP contribution in [0.2, 0.25) is 0 Å². The molecule has 0 aliphatic heterocycles. The molecule has 1 aliphatic rings. The third-order valence-electron chi connectivity index (χ3n) is 4.36. The fourth-order valence-electron chi connectivity index (χ4n) is 3.12. The van der Waals surface area contributed by atoms with E-state index in [-0.39, 0.29) is 12.1 Å². The molecule has 0 bridgehead atoms. The number of carbonyl (C=O) groups excluding carboxylic acids is 1. The number of carbonyl (C=O) groups is 1. The molecule has 9 nitrogen and oxygen atoms in total. The molecule has 0 spiro atoms. The molecular weight excluding hydrogens is 324 g/mol. The number of aromatic amines is 2. The van der Waals surface area contributed by atoms with Crippen LogP contribution in [0, 0.1) is 6.92 Å². The maximum atomic E-state index is 12.2. The van der Waals surface area contributed by atoms with Gasteiger partial charge in [-0.25, -0.2) is 14.3 Å². The van der Waals surface area contributed by atoms with E-state index >= 15 is 0 Å². The molecule has 2 heterocycles. The molecule has 2 aromatic heterocycles. The van der Waals surface area contributed by atoms with E-state index in [1.54, 1.807) is 0 Å². The predicted molar refractivity (Wildman–Crippen MR) is 92.6 cm³/mol. The molecule has 3 rings (SSSR count). The largest absolute Gasteiger partial charge is 0.333 e. The van der Waals surface area contributed by atoms with Gasteiger partial charge in [0.25, 0.3) is 5.56 Å². The number of hydrogen-bond donors (Lipinski definition) is 4. The minimum Gasteiger partial charge on any atom is -0.333 e. The van der Waals surface area contributed by atoms with Gasteiger partial charge in [-0.15, -0.1) is 0 Å². The van der Waals surface area contributed by atoms with Crippen molar-refractivity contribution in [3.05, 3.63) is 44.4 Å². The van der Waals surface area contributed by atoms with Crippen LogP contribution in [0.25, 0.3) is 0 Å². The standard InChI is InChI=1S/C16H22N6O3/c1-10-7-13(22(21-10)12-5-3-2-4-6-12)19-15(24)17-8-11-9-18-16(25)20-14(11)23/h7,9,12H,2-6,8H2,1H3,(H2,17,19,24)(H2,18,20,23,25). The molecule has 1 aliphatic carbocycles. The van der Waals surface area contributed by atoms with E-state index in [9.17, 15) is 14.4 Å². The first-order valence-corrected chi connectivity index (χ1v) is 8.45. The molecule has 0 atom stereocenters. The molecule has 25 heavy (non-hydrogen) atoms. The van der Waals surface area contributed by atoms with Crippen LogP contribution in [-0.2, 0) is 6.54 Å². The van der Waals surface area contributed by atoms with Gasteiger partial charge in [0.2, 0.25) is 0 Å². The van der Waals surface area contributed by atoms with Gasteiger partial charge in [-0.2, -0.15) is 5.10 Å². The monoisotopic (exact) mass is 346 g/mol. The Morgan fingerprint density at radius 3 is 2.80 bits per heavy atom. The lowest BCUT2D eigenvalue weighted by Gasteiger charge is -2.24. The van der Waals surface area contributed by atoms with Gasteiger partial charge in [0.15, 0.2) is 0 Å². The lowest BCUT2D eigenvalue weighted by molar-refractivity contribution is 0.251. The number of rotatable bonds is 4. The third kappa shape index (κ3) is 4.17. The van der Waals surface area contributed by atoms with Crippen molar-refractivity contribution in [2.45, 2.75) is 51.6 Å². The lowest BCUT2D eigenvalue weighted by atomic mass is 9.96. The highest BCUT2D eigenvalue weighted by Crippen LogP contribution is 2.30. The molecule has 134 valence electrons. The summed E-state index contributed by atoms with van der Waals surface area (Å²) in [4.78, 5) is 39.3. The number of nitrogens with zero attached hydrogens (tertiary/aromatic N) is 2. The van der Waals surface area contributed by atoms with Crippen molar-refractivity contribution in [1.82, 2.24) is 25.1 Å². The van der Waals surface area contributed by atoms with Crippen LogP contribution < -0.4 is 21.9 Å². The second-order valence-electron chi connectivity index (χ2n) is 6.31. The van der Waals surface area contributed by atoms with Crippen molar-refractivity contribution in [3.63, 3.8) is 0 Å². The minimum absolute atomic E-state index is 0.00843. The molecular formula is C16H22N6O3. The van der Waals surface area contributed by atoms with E-state index in [1.807, 2.05) is 17.7 Å². The van der Waals surface area contributed by atoms with Gasteiger partial charge in [0, 0.05) is 12.3 Å². The predicted octanol–water partition coefficient (Wildman–Crippen LogP) is 1.40. The van der Waals surface area contributed by atoms with Crippen LogP contribution in [0.5, 0.6) is 0 Å². The number of nitrogens with one attached hydrogen (secondary N) is 4. The summed E-state index contributed by atoms with van der Waals surface area (Å²) in [6.07, 6.45) is 6.99. The molecule has 0 saturated heterocycles. The highest BCUT2D eigenvalue weighted by molar-refractivity contribution is 5.88. The Balaban J connectivity index is 1.64. The number of H-pyrrole nitrogens is 2. The van der Waals surface area contributed by atoms with Gasteiger partial charge < -0.3 is 10.3 Å². The second kappa shape index (κ2) is 7.37. The summed E-state index contributed by atoms with van der Waals surface area (Å²) in [5.74, 6) is 0.650. The van der Waals surface area contributed by atoms with Crippen molar-refractivity contribution < 1.29 is 4.79 Å². The molecule has 2 amide bonds. The Hall–Kier alpha value is -2.84. The molecule has 0 radical (unpaired) electrons. The van der Waals surface area contributed by atoms with Gasteiger partial charge in [0.05, 0.1) is 23.8 Å². The van der Waals surface area contributed by atoms with Crippen molar-refractivity contribution in [1.29, 1.82) is 0 Å². The SMILES string of the molecule is Cc1cc(NC(=O)NCc2c[nH]c(=O)[nH]c2=O)n(C2CCCCC2)n1. The van der Waals surface area contributed by atoms with Crippen molar-refractivity contribution in [2.75, 3.05) is 5.32 Å². The topological polar surface area (TPSA) is 125 Å². The number of aryl methyl sites for hydroxylation is 1. The van der Waals surface area contributed by atoms with Crippen LogP contribution in [0.1, 0.15) is 49.4 Å². The van der Waals surface area contributed by atoms with Crippen molar-refractivity contribution >= 4 is 11.8 Å². The van der Waals surface area contributed by atoms with Gasteiger partial charge in [-0.3, -0.25) is 15.1 Å². The zero-order chi connectivity index (χ0) is 17.8. The maximum absolute atomic E-state index is 12.2. The first kappa shape index (κ1) is 17.0. The Morgan fingerprint density at radius 1 is 1.32 bits per heavy atom. The summed E-state index contributed by atoms with van der Waals surface area (Å²) in [5, 5.41) is 9.92. The molecule has 9 heteroatoms. The molecule has 0 unspecified atom stereocenters. The van der Waals surface area contributed by atoms with Crippen LogP contribution >= 0.6 is 0 Å². The lowest BCUT2D eigenvalue weighted by Crippen LogP contribution is -2.33. The van der Waals surface area contributed by atoms with Crippen molar-refractivity contribution in [2.24, 2.45) is 0 Å². The maximum Gasteiger partial charge on any atom is 0.325 e. The molecule has 4 N–H and O–H groups in total. The van der Waals surface area contributed by atoms with Crippen LogP contribution in [0.3, 0.4) is 0 Å². The van der Waals surface area contributed by atoms with Crippen molar-refractivity contribution in [3.8, 4) is 0 Å². The van der Waals surface area contributed by atoms with E-state index in [0.29, 0.717) is 11.9 Å². The number of anilines is 1. The Morgan fingerprint density at radius 2 is 2.08 bits per heavy atom. The first-order chi connectivity index (χ1) is 12.0. The van der Waals surface area contributed by atoms with Gasteiger partial charge in [0.1, 0.15) is 5.82 Å². The smallest absolute Gasteiger partial charge is 0.325 e. The first-order valence-electron chi connectivity index (χ1n) is 8.45. The van der Waals surface area contributed by atoms with Crippen LogP contribution in [0.4, 0.5) is 10.6 Å². The molecule has 1 fully saturated rings. The summed E-state index contributed by atoms with van der Waals surface area (Å²) in [7, 11) is 0. The quantitative estimate of drug-likeness (QED) is 0.667. The van der Waals surface area contributed by atoms with Gasteiger partial charge in [-0.05, 0) is 19.8 Å². The van der Waals surface area contributed by atoms with E-state index in [4.69, 9.17) is 0 Å². The van der Waals surface area contributed by atoms with E-state index in [0.717, 1.165) is 18.5 Å². The fourth-order valence-corrected chi connectivity index (χ4v) is 3.12. The number of urea groups is 1. The minimum atomic E-state index is -0.579. The normalized spacial score (nSPS) is 15.1. The summed E-state index contributed by atoms with van der Waals surface area (Å²) >= 11 is 0. The molecule has 1 saturated carbocycles. The molecule has 2 aromatic rings. The summed E-state index contributed by atoms with van der Waals surface area (Å²) < 4.78 is 1.89. The number of amides is 2. The third-order valence-corrected chi connectivity index (χ3v) is 4.36. The number of hydrogen-bond acceptors (Lipinski definition) is 4. The fraction of sp³-hybridized carbons (Fsp3) is 0.500. The van der Waals surface area contributed by atoms with Gasteiger partial charge in [-0.1, -0.05) is 19.3 Å². The Kier molecular flexibility index (Phi) is 5.01. The number of aromatic nitrogens is 4. The Labute approximate surface area is 143 Å². The zero-order valence-electron chi connectivity index (χ0n) is 14.1. The summed E-state index contributed by atoms with van der Waals surface area (Å²) in [5.41, 5.74) is 0.0156. The molecule has 0 aromatic carbocycles. The Bertz CT molecular complexity index is 859. The summed E-state index contributed by atoms with van der Waals surface area (Å²) in [6.45, 7) is 1.90. The van der Waals surface area contributed by atoms with E-state index < -0.39 is 17.3 Å². The highest BCUT2D eigenvalue weighted by Gasteiger charge is 2.20. The van der Waals surface area contributed by atoms with E-state index in [2.05, 4.69) is 25.7 Å². The average Bonchev–Trinajstić information content (AvgIpc) is 2.95. The second-order valence-corrected chi connectivity index (χ2v) is 6.31. The summed E-state index contributed by atoms with van der Waals surface area (Å²) in [6, 6.07) is 1.71. The average molecular weight is 346 g/mol. The van der Waals surface area contributed by atoms with Gasteiger partial charge >= 0.3 is 11.7 Å². The zero-order valence-corrected chi connectivity index (χ0v) is 14.1. The van der Waals surface area contributed by atoms with Crippen LogP contribution in [0.15, 0.2) is 21.9 Å². The van der Waals surface area contributed by atoms with E-state index in [1.165, 1.54) is 25.5 Å².